The van der Waals surface area contributed by atoms with Gasteiger partial charge in [0.25, 0.3) is 0 Å². The van der Waals surface area contributed by atoms with Crippen molar-refractivity contribution in [1.29, 1.82) is 0 Å². The second-order valence-corrected chi connectivity index (χ2v) is 11.2. The maximum absolute atomic E-state index is 13.7. The summed E-state index contributed by atoms with van der Waals surface area (Å²) >= 11 is 0. The number of hydrogen-bond acceptors (Lipinski definition) is 4. The van der Waals surface area contributed by atoms with Crippen LogP contribution in [0.1, 0.15) is 70.0 Å². The van der Waals surface area contributed by atoms with Crippen molar-refractivity contribution in [3.8, 4) is 0 Å². The number of aliphatic hydroxyl groups is 1. The van der Waals surface area contributed by atoms with Crippen molar-refractivity contribution in [2.45, 2.75) is 47.1 Å². The molecule has 2 aliphatic heterocycles. The van der Waals surface area contributed by atoms with Gasteiger partial charge in [-0.3, -0.25) is 9.59 Å². The highest BCUT2D eigenvalue weighted by Crippen LogP contribution is 2.41. The number of ketones is 1. The quantitative estimate of drug-likeness (QED) is 0.285. The Morgan fingerprint density at radius 2 is 1.70 bits per heavy atom. The van der Waals surface area contributed by atoms with Gasteiger partial charge in [0.1, 0.15) is 5.92 Å². The number of carboxylic acid groups (broad SMARTS) is 1. The van der Waals surface area contributed by atoms with Gasteiger partial charge in [0.2, 0.25) is 0 Å². The number of aliphatic carboxylic acids is 1. The molecule has 0 radical (unpaired) electrons. The molecule has 8 nitrogen and oxygen atoms in total. The van der Waals surface area contributed by atoms with Crippen molar-refractivity contribution < 1.29 is 19.8 Å². The van der Waals surface area contributed by atoms with Crippen LogP contribution in [0.5, 0.6) is 0 Å². The lowest BCUT2D eigenvalue weighted by Crippen LogP contribution is -2.37. The van der Waals surface area contributed by atoms with Gasteiger partial charge in [0, 0.05) is 50.4 Å². The molecule has 0 saturated carbocycles. The van der Waals surface area contributed by atoms with E-state index in [1.165, 1.54) is 0 Å². The maximum atomic E-state index is 13.7. The Bertz CT molecular complexity index is 1910. The summed E-state index contributed by atoms with van der Waals surface area (Å²) in [4.78, 5) is 36.6. The summed E-state index contributed by atoms with van der Waals surface area (Å²) in [6.07, 6.45) is 9.73. The highest BCUT2D eigenvalue weighted by molar-refractivity contribution is 6.19. The predicted octanol–water partition coefficient (Wildman–Crippen LogP) is 2.23. The molecule has 1 unspecified atom stereocenters. The van der Waals surface area contributed by atoms with Gasteiger partial charge in [0.05, 0.1) is 23.0 Å². The third kappa shape index (κ3) is 3.44. The van der Waals surface area contributed by atoms with Crippen LogP contribution in [0.4, 0.5) is 0 Å². The van der Waals surface area contributed by atoms with Gasteiger partial charge in [-0.25, -0.2) is 0 Å². The molecule has 1 saturated heterocycles. The van der Waals surface area contributed by atoms with Crippen LogP contribution in [0.25, 0.3) is 36.1 Å². The molecule has 0 aromatic carbocycles. The fourth-order valence-electron chi connectivity index (χ4n) is 7.00. The van der Waals surface area contributed by atoms with Gasteiger partial charge in [0.15, 0.2) is 5.78 Å². The van der Waals surface area contributed by atoms with E-state index in [0.29, 0.717) is 27.3 Å². The standard InChI is InChI=1S/C32H34N4O4/c1-7-17-13(3)20-9-22-14(4)18(8-2)29(35-22)27-28(32(39)40)31(38)26-16(6)23(36-30(26)27)10-21-15(5)19(12-37)25(34-21)11-24(17)33-20/h7,9-12,14,18,28-29,33-37H,1,8H2,2-6H3,(H,39,40)/b19-12+,22-9-,23-10-,25-11-/t14-,18-,28+,29?/m0/s1. The molecule has 206 valence electrons. The third-order valence-corrected chi connectivity index (χ3v) is 9.28. The zero-order valence-corrected chi connectivity index (χ0v) is 23.3. The van der Waals surface area contributed by atoms with Crippen LogP contribution >= 0.6 is 0 Å². The van der Waals surface area contributed by atoms with Crippen LogP contribution in [0, 0.1) is 38.5 Å². The molecule has 6 N–H and O–H groups in total. The van der Waals surface area contributed by atoms with E-state index in [4.69, 9.17) is 0 Å². The third-order valence-electron chi connectivity index (χ3n) is 9.28. The molecule has 8 heteroatoms. The first kappa shape index (κ1) is 25.8. The number of H-pyrrole nitrogens is 3. The minimum atomic E-state index is -1.24. The predicted molar refractivity (Wildman–Crippen MR) is 156 cm³/mol. The second kappa shape index (κ2) is 9.05. The van der Waals surface area contributed by atoms with Crippen LogP contribution in [0.15, 0.2) is 12.3 Å². The Hall–Kier alpha value is -4.46. The van der Waals surface area contributed by atoms with Crippen molar-refractivity contribution in [3.63, 3.8) is 0 Å². The second-order valence-electron chi connectivity index (χ2n) is 11.2. The molecular weight excluding hydrogens is 504 g/mol. The van der Waals surface area contributed by atoms with E-state index in [-0.39, 0.29) is 23.7 Å². The number of carboxylic acids is 1. The fraction of sp³-hybridized carbons (Fsp3) is 0.312. The monoisotopic (exact) mass is 538 g/mol. The number of fused-ring (bicyclic) bond motifs is 8. The first-order valence-electron chi connectivity index (χ1n) is 13.7. The van der Waals surface area contributed by atoms with Crippen LogP contribution < -0.4 is 26.6 Å². The average Bonchev–Trinajstić information content (AvgIpc) is 3.65. The molecular formula is C32H34N4O4. The zero-order chi connectivity index (χ0) is 28.6. The summed E-state index contributed by atoms with van der Waals surface area (Å²) in [6.45, 7) is 14.1. The Balaban J connectivity index is 1.77. The summed E-state index contributed by atoms with van der Waals surface area (Å²) in [5.74, 6) is -2.53. The summed E-state index contributed by atoms with van der Waals surface area (Å²) in [5, 5.41) is 26.8. The number of Topliss-reactive ketones (excluding diaryl/α,β-unsaturated/α-hetero) is 1. The van der Waals surface area contributed by atoms with Crippen molar-refractivity contribution in [2.24, 2.45) is 17.8 Å². The molecule has 3 aromatic rings. The van der Waals surface area contributed by atoms with Crippen LogP contribution in [0.2, 0.25) is 0 Å². The Morgan fingerprint density at radius 3 is 2.35 bits per heavy atom. The van der Waals surface area contributed by atoms with Crippen molar-refractivity contribution in [3.05, 3.63) is 78.4 Å². The highest BCUT2D eigenvalue weighted by Gasteiger charge is 2.48. The van der Waals surface area contributed by atoms with Crippen molar-refractivity contribution in [2.75, 3.05) is 0 Å². The Kier molecular flexibility index (Phi) is 5.83. The molecule has 3 aromatic heterocycles. The number of hydrogen-bond donors (Lipinski definition) is 6. The van der Waals surface area contributed by atoms with Gasteiger partial charge in [-0.15, -0.1) is 0 Å². The van der Waals surface area contributed by atoms with E-state index in [2.05, 4.69) is 46.8 Å². The minimum Gasteiger partial charge on any atom is -0.515 e. The molecule has 6 rings (SSSR count). The summed E-state index contributed by atoms with van der Waals surface area (Å²) in [6, 6.07) is -0.314. The molecule has 1 fully saturated rings. The Morgan fingerprint density at radius 1 is 1.00 bits per heavy atom. The summed E-state index contributed by atoms with van der Waals surface area (Å²) < 4.78 is 0. The normalized spacial score (nSPS) is 26.5. The Labute approximate surface area is 231 Å². The van der Waals surface area contributed by atoms with Crippen molar-refractivity contribution >= 4 is 47.9 Å². The SMILES string of the molecule is C=Cc1c2[nH]c(c1C)/C=C1\NC(C3=c4[nH]/c(c(C)c4C(=O)[C@@H]3C(=O)O)=C\c3[nH]c(/c(=C/O)c3C)=C\2)[C@@H](CC)[C@@H]1C. The topological polar surface area (TPSA) is 134 Å². The van der Waals surface area contributed by atoms with E-state index in [9.17, 15) is 19.8 Å². The van der Waals surface area contributed by atoms with E-state index < -0.39 is 11.9 Å². The average molecular weight is 539 g/mol. The highest BCUT2D eigenvalue weighted by atomic mass is 16.4. The largest absolute Gasteiger partial charge is 0.515 e. The van der Waals surface area contributed by atoms with E-state index in [1.807, 2.05) is 39.0 Å². The van der Waals surface area contributed by atoms with Crippen LogP contribution in [-0.4, -0.2) is 43.0 Å². The molecule has 0 spiro atoms. The first-order chi connectivity index (χ1) is 19.1. The van der Waals surface area contributed by atoms with Crippen molar-refractivity contribution in [1.82, 2.24) is 20.3 Å². The van der Waals surface area contributed by atoms with Gasteiger partial charge in [-0.2, -0.15) is 0 Å². The smallest absolute Gasteiger partial charge is 0.318 e. The maximum Gasteiger partial charge on any atom is 0.318 e. The lowest BCUT2D eigenvalue weighted by molar-refractivity contribution is -0.138. The lowest BCUT2D eigenvalue weighted by Gasteiger charge is -2.23. The lowest BCUT2D eigenvalue weighted by atomic mass is 9.81. The van der Waals surface area contributed by atoms with E-state index in [0.717, 1.165) is 62.9 Å². The number of nitrogens with one attached hydrogen (secondary N) is 4. The fourth-order valence-corrected chi connectivity index (χ4v) is 7.00. The molecule has 1 aliphatic carbocycles. The number of rotatable bonds is 3. The molecule has 0 amide bonds. The van der Waals surface area contributed by atoms with Gasteiger partial charge >= 0.3 is 5.97 Å². The molecule has 5 heterocycles. The molecule has 40 heavy (non-hydrogen) atoms. The van der Waals surface area contributed by atoms with Gasteiger partial charge in [-0.05, 0) is 67.2 Å². The number of aliphatic hydroxyl groups excluding tert-OH is 1. The summed E-state index contributed by atoms with van der Waals surface area (Å²) in [5.41, 5.74) is 8.15. The number of allylic oxidation sites excluding steroid dienone is 1. The number of aromatic nitrogens is 3. The summed E-state index contributed by atoms with van der Waals surface area (Å²) in [7, 11) is 0. The zero-order valence-electron chi connectivity index (χ0n) is 23.3. The minimum absolute atomic E-state index is 0.101. The molecule has 4 atom stereocenters. The first-order valence-corrected chi connectivity index (χ1v) is 13.7. The van der Waals surface area contributed by atoms with Gasteiger partial charge < -0.3 is 30.5 Å². The van der Waals surface area contributed by atoms with Crippen LogP contribution in [-0.2, 0) is 4.79 Å². The number of carbonyl (C=O) groups is 2. The van der Waals surface area contributed by atoms with Crippen LogP contribution in [0.3, 0.4) is 0 Å². The molecule has 8 bridgehead atoms. The molecule has 3 aliphatic rings. The van der Waals surface area contributed by atoms with E-state index >= 15 is 0 Å². The number of aromatic amines is 3. The number of carbonyl (C=O) groups excluding carboxylic acids is 1. The van der Waals surface area contributed by atoms with E-state index in [1.54, 1.807) is 0 Å². The van der Waals surface area contributed by atoms with Gasteiger partial charge in [-0.1, -0.05) is 32.9 Å².